The van der Waals surface area contributed by atoms with E-state index in [0.717, 1.165) is 27.7 Å². The van der Waals surface area contributed by atoms with Crippen molar-refractivity contribution >= 4 is 23.5 Å². The number of hydrogen-bond acceptors (Lipinski definition) is 6. The third-order valence-corrected chi connectivity index (χ3v) is 4.74. The monoisotopic (exact) mass is 373 g/mol. The standard InChI is InChI=1S/C21H19N5O2/c1-24-8-16(7-23)15-5-18-19(10-26-21(18)25-9-15)13-2-3-20(14(4-13)6-22)28-17-11-27-12-17/h2-5,7-10,16-17,23H,11-12H2,1H3,(H,25,26). The fourth-order valence-corrected chi connectivity index (χ4v) is 3.18. The molecule has 1 aliphatic rings. The predicted molar refractivity (Wildman–Crippen MR) is 107 cm³/mol. The van der Waals surface area contributed by atoms with E-state index in [4.69, 9.17) is 14.9 Å². The topological polar surface area (TPSA) is 107 Å². The van der Waals surface area contributed by atoms with Gasteiger partial charge in [0.15, 0.2) is 0 Å². The molecule has 1 aromatic carbocycles. The van der Waals surface area contributed by atoms with Gasteiger partial charge in [-0.2, -0.15) is 5.26 Å². The van der Waals surface area contributed by atoms with Gasteiger partial charge in [0.1, 0.15) is 23.6 Å². The molecule has 2 aromatic heterocycles. The van der Waals surface area contributed by atoms with Crippen LogP contribution in [-0.2, 0) is 4.74 Å². The second-order valence-corrected chi connectivity index (χ2v) is 6.57. The van der Waals surface area contributed by atoms with Crippen LogP contribution in [0.25, 0.3) is 22.2 Å². The Hall–Kier alpha value is -3.50. The molecular formula is C21H19N5O2. The van der Waals surface area contributed by atoms with Crippen molar-refractivity contribution in [2.45, 2.75) is 12.0 Å². The highest BCUT2D eigenvalue weighted by Crippen LogP contribution is 2.33. The summed E-state index contributed by atoms with van der Waals surface area (Å²) < 4.78 is 10.9. The molecule has 0 saturated carbocycles. The molecule has 3 aromatic rings. The van der Waals surface area contributed by atoms with E-state index in [1.54, 1.807) is 19.5 Å². The van der Waals surface area contributed by atoms with Crippen molar-refractivity contribution in [1.29, 1.82) is 10.7 Å². The lowest BCUT2D eigenvalue weighted by molar-refractivity contribution is -0.0797. The number of aromatic nitrogens is 2. The number of nitrogens with zero attached hydrogens (tertiary/aromatic N) is 3. The average Bonchev–Trinajstić information content (AvgIpc) is 3.12. The number of aromatic amines is 1. The Morgan fingerprint density at radius 1 is 1.43 bits per heavy atom. The van der Waals surface area contributed by atoms with Crippen LogP contribution in [0.2, 0.25) is 0 Å². The van der Waals surface area contributed by atoms with Crippen molar-refractivity contribution in [3.63, 3.8) is 0 Å². The van der Waals surface area contributed by atoms with Crippen molar-refractivity contribution in [2.75, 3.05) is 20.3 Å². The van der Waals surface area contributed by atoms with Crippen molar-refractivity contribution < 1.29 is 9.47 Å². The number of benzene rings is 1. The lowest BCUT2D eigenvalue weighted by Gasteiger charge is -2.27. The van der Waals surface area contributed by atoms with Gasteiger partial charge in [0.25, 0.3) is 0 Å². The fraction of sp³-hybridized carbons (Fsp3) is 0.238. The van der Waals surface area contributed by atoms with Crippen LogP contribution in [0.4, 0.5) is 0 Å². The van der Waals surface area contributed by atoms with Crippen molar-refractivity contribution in [3.8, 4) is 22.9 Å². The SMILES string of the molecule is CN=CC(C=N)c1cnc2[nH]cc(-c3ccc(OC4COC4)c(C#N)c3)c2c1. The van der Waals surface area contributed by atoms with Gasteiger partial charge in [0.2, 0.25) is 0 Å². The first-order valence-electron chi connectivity index (χ1n) is 8.92. The molecule has 7 heteroatoms. The Morgan fingerprint density at radius 3 is 2.96 bits per heavy atom. The highest BCUT2D eigenvalue weighted by molar-refractivity contribution is 5.96. The van der Waals surface area contributed by atoms with Crippen molar-refractivity contribution in [2.24, 2.45) is 4.99 Å². The largest absolute Gasteiger partial charge is 0.484 e. The number of pyridine rings is 1. The number of ether oxygens (including phenoxy) is 2. The van der Waals surface area contributed by atoms with E-state index in [0.29, 0.717) is 24.5 Å². The summed E-state index contributed by atoms with van der Waals surface area (Å²) in [6.45, 7) is 1.11. The first kappa shape index (κ1) is 17.9. The van der Waals surface area contributed by atoms with E-state index in [1.165, 1.54) is 6.21 Å². The molecule has 1 fully saturated rings. The molecule has 0 radical (unpaired) electrons. The molecule has 0 amide bonds. The first-order valence-corrected chi connectivity index (χ1v) is 8.92. The van der Waals surface area contributed by atoms with Crippen LogP contribution < -0.4 is 4.74 Å². The van der Waals surface area contributed by atoms with Crippen LogP contribution in [-0.4, -0.2) is 48.8 Å². The van der Waals surface area contributed by atoms with E-state index < -0.39 is 0 Å². The van der Waals surface area contributed by atoms with E-state index in [-0.39, 0.29) is 12.0 Å². The number of nitrogens with one attached hydrogen (secondary N) is 2. The predicted octanol–water partition coefficient (Wildman–Crippen LogP) is 3.31. The Balaban J connectivity index is 1.74. The Labute approximate surface area is 162 Å². The van der Waals surface area contributed by atoms with E-state index in [2.05, 4.69) is 21.0 Å². The van der Waals surface area contributed by atoms with E-state index >= 15 is 0 Å². The van der Waals surface area contributed by atoms with Crippen molar-refractivity contribution in [1.82, 2.24) is 9.97 Å². The maximum Gasteiger partial charge on any atom is 0.145 e. The van der Waals surface area contributed by atoms with Gasteiger partial charge < -0.3 is 19.9 Å². The molecule has 1 atom stereocenters. The lowest BCUT2D eigenvalue weighted by Crippen LogP contribution is -2.38. The number of nitriles is 1. The Bertz CT molecular complexity index is 1090. The molecule has 0 spiro atoms. The third kappa shape index (κ3) is 3.26. The summed E-state index contributed by atoms with van der Waals surface area (Å²) in [5.41, 5.74) is 3.96. The second-order valence-electron chi connectivity index (χ2n) is 6.57. The molecule has 1 unspecified atom stereocenters. The van der Waals surface area contributed by atoms with Crippen LogP contribution >= 0.6 is 0 Å². The van der Waals surface area contributed by atoms with Crippen LogP contribution in [0.15, 0.2) is 41.7 Å². The summed E-state index contributed by atoms with van der Waals surface area (Å²) in [6.07, 6.45) is 6.69. The maximum atomic E-state index is 9.54. The molecular weight excluding hydrogens is 354 g/mol. The minimum Gasteiger partial charge on any atom is -0.484 e. The third-order valence-electron chi connectivity index (χ3n) is 4.74. The van der Waals surface area contributed by atoms with Gasteiger partial charge in [-0.1, -0.05) is 6.07 Å². The summed E-state index contributed by atoms with van der Waals surface area (Å²) in [6, 6.07) is 9.81. The highest BCUT2D eigenvalue weighted by Gasteiger charge is 2.22. The number of fused-ring (bicyclic) bond motifs is 1. The van der Waals surface area contributed by atoms with Gasteiger partial charge in [-0.05, 0) is 29.3 Å². The van der Waals surface area contributed by atoms with Crippen molar-refractivity contribution in [3.05, 3.63) is 47.8 Å². The number of hydrogen-bond donors (Lipinski definition) is 2. The molecule has 28 heavy (non-hydrogen) atoms. The second kappa shape index (κ2) is 7.62. The van der Waals surface area contributed by atoms with Crippen LogP contribution in [0.5, 0.6) is 5.75 Å². The summed E-state index contributed by atoms with van der Waals surface area (Å²) in [5, 5.41) is 18.1. The zero-order valence-electron chi connectivity index (χ0n) is 15.3. The zero-order valence-corrected chi connectivity index (χ0v) is 15.3. The molecule has 2 N–H and O–H groups in total. The van der Waals surface area contributed by atoms with E-state index in [9.17, 15) is 5.26 Å². The quantitative estimate of drug-likeness (QED) is 0.646. The molecule has 7 nitrogen and oxygen atoms in total. The van der Waals surface area contributed by atoms with E-state index in [1.807, 2.05) is 30.5 Å². The number of H-pyrrole nitrogens is 1. The van der Waals surface area contributed by atoms with Gasteiger partial charge >= 0.3 is 0 Å². The van der Waals surface area contributed by atoms with Crippen LogP contribution in [0, 0.1) is 16.7 Å². The molecule has 1 saturated heterocycles. The minimum absolute atomic E-state index is 0.0103. The van der Waals surface area contributed by atoms with Gasteiger partial charge in [0, 0.05) is 42.8 Å². The lowest BCUT2D eigenvalue weighted by atomic mass is 9.99. The molecule has 1 aliphatic heterocycles. The van der Waals surface area contributed by atoms with Crippen LogP contribution in [0.3, 0.4) is 0 Å². The molecule has 0 bridgehead atoms. The molecule has 140 valence electrons. The summed E-state index contributed by atoms with van der Waals surface area (Å²) >= 11 is 0. The van der Waals surface area contributed by atoms with Crippen LogP contribution in [0.1, 0.15) is 17.0 Å². The maximum absolute atomic E-state index is 9.54. The normalized spacial score (nSPS) is 15.3. The summed E-state index contributed by atoms with van der Waals surface area (Å²) in [4.78, 5) is 11.7. The first-order chi connectivity index (χ1) is 13.7. The number of rotatable bonds is 6. The molecule has 4 rings (SSSR count). The Kier molecular flexibility index (Phi) is 4.87. The highest BCUT2D eigenvalue weighted by atomic mass is 16.6. The van der Waals surface area contributed by atoms with Gasteiger partial charge in [-0.15, -0.1) is 0 Å². The van der Waals surface area contributed by atoms with Gasteiger partial charge in [-0.25, -0.2) is 4.98 Å². The summed E-state index contributed by atoms with van der Waals surface area (Å²) in [5.74, 6) is 0.348. The number of aliphatic imine (C=N–C) groups is 1. The molecule has 0 aliphatic carbocycles. The minimum atomic E-state index is -0.222. The average molecular weight is 373 g/mol. The fourth-order valence-electron chi connectivity index (χ4n) is 3.18. The Morgan fingerprint density at radius 2 is 2.29 bits per heavy atom. The van der Waals surface area contributed by atoms with Gasteiger partial charge in [0.05, 0.1) is 24.7 Å². The zero-order chi connectivity index (χ0) is 19.5. The summed E-state index contributed by atoms with van der Waals surface area (Å²) in [7, 11) is 1.69. The van der Waals surface area contributed by atoms with Gasteiger partial charge in [-0.3, -0.25) is 4.99 Å². The smallest absolute Gasteiger partial charge is 0.145 e. The molecule has 3 heterocycles.